The minimum atomic E-state index is -0.209. The number of aryl methyl sites for hydroxylation is 1. The molecule has 2 aromatic carbocycles. The Morgan fingerprint density at radius 3 is 2.65 bits per heavy atom. The summed E-state index contributed by atoms with van der Waals surface area (Å²) >= 11 is 3.45. The molecule has 3 heterocycles. The summed E-state index contributed by atoms with van der Waals surface area (Å²) in [6, 6.07) is 15.1. The number of amides is 1. The van der Waals surface area contributed by atoms with Gasteiger partial charge in [0.2, 0.25) is 5.95 Å². The zero-order valence-electron chi connectivity index (χ0n) is 22.8. The van der Waals surface area contributed by atoms with Crippen LogP contribution in [0.2, 0.25) is 0 Å². The largest absolute Gasteiger partial charge is 0.496 e. The molecule has 206 valence electrons. The zero-order valence-corrected chi connectivity index (χ0v) is 24.4. The Kier molecular flexibility index (Phi) is 8.69. The van der Waals surface area contributed by atoms with Gasteiger partial charge in [-0.2, -0.15) is 0 Å². The van der Waals surface area contributed by atoms with Gasteiger partial charge in [-0.3, -0.25) is 14.7 Å². The first kappa shape index (κ1) is 27.7. The normalized spacial score (nSPS) is 14.1. The van der Waals surface area contributed by atoms with E-state index in [0.29, 0.717) is 17.2 Å². The maximum atomic E-state index is 13.2. The molecular formula is C30H32BrN7O2. The summed E-state index contributed by atoms with van der Waals surface area (Å²) in [6.45, 7) is 6.92. The van der Waals surface area contributed by atoms with E-state index in [1.54, 1.807) is 25.7 Å². The Morgan fingerprint density at radius 1 is 1.05 bits per heavy atom. The minimum Gasteiger partial charge on any atom is -0.496 e. The number of nitrogens with one attached hydrogen (secondary N) is 2. The number of piperazine rings is 1. The third-order valence-corrected chi connectivity index (χ3v) is 7.37. The van der Waals surface area contributed by atoms with Crippen LogP contribution < -0.4 is 15.4 Å². The number of likely N-dealkylation sites (N-methyl/N-ethyl adjacent to an activating group) is 1. The summed E-state index contributed by atoms with van der Waals surface area (Å²) in [5.74, 6) is 0.958. The van der Waals surface area contributed by atoms with Crippen LogP contribution >= 0.6 is 15.9 Å². The predicted octanol–water partition coefficient (Wildman–Crippen LogP) is 5.36. The number of pyridine rings is 1. The smallest absolute Gasteiger partial charge is 0.255 e. The maximum Gasteiger partial charge on any atom is 0.255 e. The van der Waals surface area contributed by atoms with Crippen molar-refractivity contribution in [1.82, 2.24) is 24.8 Å². The second-order valence-corrected chi connectivity index (χ2v) is 10.8. The average molecular weight is 603 g/mol. The fourth-order valence-corrected chi connectivity index (χ4v) is 4.92. The number of nitrogens with zero attached hydrogens (tertiary/aromatic N) is 5. The average Bonchev–Trinajstić information content (AvgIpc) is 2.96. The molecule has 4 aromatic rings. The number of methoxy groups -OCH3 is 1. The number of anilines is 3. The molecule has 5 rings (SSSR count). The fraction of sp³-hybridized carbons (Fsp3) is 0.267. The molecule has 10 heteroatoms. The van der Waals surface area contributed by atoms with Gasteiger partial charge in [-0.05, 0) is 71.9 Å². The van der Waals surface area contributed by atoms with E-state index in [-0.39, 0.29) is 5.91 Å². The van der Waals surface area contributed by atoms with Crippen LogP contribution in [0.5, 0.6) is 5.75 Å². The number of carbonyl (C=O) groups excluding carboxylic acids is 1. The van der Waals surface area contributed by atoms with Crippen LogP contribution in [0.25, 0.3) is 11.3 Å². The fourth-order valence-electron chi connectivity index (χ4n) is 4.55. The number of hydrogen-bond donors (Lipinski definition) is 2. The van der Waals surface area contributed by atoms with E-state index in [1.807, 2.05) is 55.5 Å². The SMILES string of the molecule is COc1cc(C(=O)Nc2ccc(C)c(Nc3nccc(-c4cncc(Br)c4)n3)c2)ccc1CN1CCN(C)CC1. The lowest BCUT2D eigenvalue weighted by Gasteiger charge is -2.32. The summed E-state index contributed by atoms with van der Waals surface area (Å²) in [7, 11) is 3.79. The van der Waals surface area contributed by atoms with Crippen molar-refractivity contribution in [3.63, 3.8) is 0 Å². The van der Waals surface area contributed by atoms with Gasteiger partial charge >= 0.3 is 0 Å². The Balaban J connectivity index is 1.28. The van der Waals surface area contributed by atoms with Crippen LogP contribution in [0.15, 0.2) is 71.6 Å². The van der Waals surface area contributed by atoms with Crippen molar-refractivity contribution in [3.05, 3.63) is 88.3 Å². The van der Waals surface area contributed by atoms with Gasteiger partial charge in [-0.1, -0.05) is 12.1 Å². The molecule has 0 unspecified atom stereocenters. The van der Waals surface area contributed by atoms with E-state index < -0.39 is 0 Å². The number of hydrogen-bond acceptors (Lipinski definition) is 8. The third-order valence-electron chi connectivity index (χ3n) is 6.94. The van der Waals surface area contributed by atoms with Gasteiger partial charge in [0, 0.05) is 83.9 Å². The van der Waals surface area contributed by atoms with Crippen molar-refractivity contribution >= 4 is 39.2 Å². The van der Waals surface area contributed by atoms with Crippen LogP contribution in [-0.4, -0.2) is 71.0 Å². The predicted molar refractivity (Wildman–Crippen MR) is 161 cm³/mol. The molecule has 0 spiro atoms. The van der Waals surface area contributed by atoms with E-state index in [1.165, 1.54) is 0 Å². The highest BCUT2D eigenvalue weighted by Gasteiger charge is 2.17. The highest BCUT2D eigenvalue weighted by atomic mass is 79.9. The quantitative estimate of drug-likeness (QED) is 0.279. The molecule has 2 N–H and O–H groups in total. The molecule has 0 radical (unpaired) electrons. The van der Waals surface area contributed by atoms with Crippen molar-refractivity contribution in [2.24, 2.45) is 0 Å². The van der Waals surface area contributed by atoms with E-state index >= 15 is 0 Å². The van der Waals surface area contributed by atoms with Crippen LogP contribution in [-0.2, 0) is 6.54 Å². The Labute approximate surface area is 242 Å². The molecule has 0 saturated carbocycles. The monoisotopic (exact) mass is 601 g/mol. The molecule has 9 nitrogen and oxygen atoms in total. The van der Waals surface area contributed by atoms with E-state index in [9.17, 15) is 4.79 Å². The highest BCUT2D eigenvalue weighted by Crippen LogP contribution is 2.27. The second-order valence-electron chi connectivity index (χ2n) is 9.87. The summed E-state index contributed by atoms with van der Waals surface area (Å²) in [5.41, 5.74) is 5.68. The molecule has 40 heavy (non-hydrogen) atoms. The van der Waals surface area contributed by atoms with E-state index in [2.05, 4.69) is 58.4 Å². The van der Waals surface area contributed by atoms with Crippen molar-refractivity contribution in [1.29, 1.82) is 0 Å². The third kappa shape index (κ3) is 6.82. The second kappa shape index (κ2) is 12.5. The van der Waals surface area contributed by atoms with Crippen molar-refractivity contribution in [2.75, 3.05) is 51.0 Å². The van der Waals surface area contributed by atoms with Gasteiger partial charge in [0.05, 0.1) is 12.8 Å². The summed E-state index contributed by atoms with van der Waals surface area (Å²) in [5, 5.41) is 6.29. The van der Waals surface area contributed by atoms with Gasteiger partial charge in [-0.25, -0.2) is 9.97 Å². The van der Waals surface area contributed by atoms with Gasteiger partial charge in [0.15, 0.2) is 0 Å². The molecular weight excluding hydrogens is 570 g/mol. The number of carbonyl (C=O) groups is 1. The molecule has 1 fully saturated rings. The molecule has 0 atom stereocenters. The van der Waals surface area contributed by atoms with Crippen LogP contribution in [0.1, 0.15) is 21.5 Å². The molecule has 1 amide bonds. The number of rotatable bonds is 8. The molecule has 1 aliphatic rings. The lowest BCUT2D eigenvalue weighted by Crippen LogP contribution is -2.43. The number of halogens is 1. The number of benzene rings is 2. The number of aromatic nitrogens is 3. The van der Waals surface area contributed by atoms with E-state index in [4.69, 9.17) is 4.74 Å². The molecule has 1 saturated heterocycles. The van der Waals surface area contributed by atoms with Gasteiger partial charge in [0.1, 0.15) is 5.75 Å². The standard InChI is InChI=1S/C30H32BrN7O2/c1-20-4-7-25(16-27(20)36-30-33-9-8-26(35-30)23-14-24(31)18-32-17-23)34-29(39)21-5-6-22(28(15-21)40-3)19-38-12-10-37(2)11-13-38/h4-9,14-18H,10-13,19H2,1-3H3,(H,34,39)(H,33,35,36). The highest BCUT2D eigenvalue weighted by molar-refractivity contribution is 9.10. The van der Waals surface area contributed by atoms with Crippen molar-refractivity contribution < 1.29 is 9.53 Å². The van der Waals surface area contributed by atoms with Crippen LogP contribution in [0, 0.1) is 6.92 Å². The van der Waals surface area contributed by atoms with E-state index in [0.717, 1.165) is 71.0 Å². The minimum absolute atomic E-state index is 0.209. The molecule has 0 aliphatic carbocycles. The van der Waals surface area contributed by atoms with Crippen LogP contribution in [0.4, 0.5) is 17.3 Å². The summed E-state index contributed by atoms with van der Waals surface area (Å²) in [4.78, 5) is 31.1. The first-order valence-electron chi connectivity index (χ1n) is 13.1. The first-order chi connectivity index (χ1) is 19.4. The Bertz CT molecular complexity index is 1510. The topological polar surface area (TPSA) is 95.5 Å². The Morgan fingerprint density at radius 2 is 1.88 bits per heavy atom. The van der Waals surface area contributed by atoms with Crippen molar-refractivity contribution in [2.45, 2.75) is 13.5 Å². The first-order valence-corrected chi connectivity index (χ1v) is 13.9. The molecule has 1 aliphatic heterocycles. The lowest BCUT2D eigenvalue weighted by atomic mass is 10.1. The van der Waals surface area contributed by atoms with Crippen molar-refractivity contribution in [3.8, 4) is 17.0 Å². The van der Waals surface area contributed by atoms with Crippen LogP contribution in [0.3, 0.4) is 0 Å². The zero-order chi connectivity index (χ0) is 28.1. The Hall–Kier alpha value is -3.86. The summed E-state index contributed by atoms with van der Waals surface area (Å²) in [6.07, 6.45) is 5.19. The van der Waals surface area contributed by atoms with Gasteiger partial charge in [-0.15, -0.1) is 0 Å². The summed E-state index contributed by atoms with van der Waals surface area (Å²) < 4.78 is 6.53. The number of ether oxygens (including phenoxy) is 1. The van der Waals surface area contributed by atoms with Gasteiger partial charge in [0.25, 0.3) is 5.91 Å². The maximum absolute atomic E-state index is 13.2. The molecule has 2 aromatic heterocycles. The van der Waals surface area contributed by atoms with Gasteiger partial charge < -0.3 is 20.3 Å². The lowest BCUT2D eigenvalue weighted by molar-refractivity contribution is 0.102. The molecule has 0 bridgehead atoms.